The second-order valence-corrected chi connectivity index (χ2v) is 12.9. The third-order valence-corrected chi connectivity index (χ3v) is 10.0. The van der Waals surface area contributed by atoms with Crippen molar-refractivity contribution in [2.75, 3.05) is 4.90 Å². The van der Waals surface area contributed by atoms with Crippen LogP contribution >= 0.6 is 0 Å². The van der Waals surface area contributed by atoms with E-state index in [4.69, 9.17) is 9.15 Å². The van der Waals surface area contributed by atoms with E-state index >= 15 is 0 Å². The molecule has 0 fully saturated rings. The molecule has 2 unspecified atom stereocenters. The summed E-state index contributed by atoms with van der Waals surface area (Å²) in [4.78, 5) is 2.34. The summed E-state index contributed by atoms with van der Waals surface area (Å²) in [5.41, 5.74) is 11.0. The molecule has 8 aromatic rings. The van der Waals surface area contributed by atoms with Crippen LogP contribution in [-0.4, -0.2) is 6.10 Å². The molecule has 2 aliphatic rings. The highest BCUT2D eigenvalue weighted by molar-refractivity contribution is 6.09. The molecule has 0 saturated carbocycles. The van der Waals surface area contributed by atoms with E-state index in [9.17, 15) is 0 Å². The minimum Gasteiger partial charge on any atom is -0.485 e. The Morgan fingerprint density at radius 1 is 0.531 bits per heavy atom. The minimum atomic E-state index is 0.0608. The van der Waals surface area contributed by atoms with Gasteiger partial charge in [-0.3, -0.25) is 0 Å². The zero-order valence-corrected chi connectivity index (χ0v) is 26.7. The van der Waals surface area contributed by atoms with Gasteiger partial charge in [0.15, 0.2) is 0 Å². The summed E-state index contributed by atoms with van der Waals surface area (Å²) in [5, 5.41) is 4.71. The molecule has 1 aromatic heterocycles. The van der Waals surface area contributed by atoms with Crippen molar-refractivity contribution in [2.45, 2.75) is 12.0 Å². The van der Waals surface area contributed by atoms with Gasteiger partial charge < -0.3 is 14.1 Å². The Kier molecular flexibility index (Phi) is 6.31. The number of ether oxygens (including phenoxy) is 1. The number of furan rings is 1. The molecule has 0 saturated heterocycles. The van der Waals surface area contributed by atoms with E-state index in [-0.39, 0.29) is 12.0 Å². The van der Waals surface area contributed by atoms with Gasteiger partial charge in [0.1, 0.15) is 23.0 Å². The predicted molar refractivity (Wildman–Crippen MR) is 202 cm³/mol. The molecule has 10 rings (SSSR count). The van der Waals surface area contributed by atoms with E-state index in [1.54, 1.807) is 0 Å². The molecule has 0 radical (unpaired) electrons. The average Bonchev–Trinajstić information content (AvgIpc) is 3.74. The summed E-state index contributed by atoms with van der Waals surface area (Å²) in [6, 6.07) is 56.0. The van der Waals surface area contributed by atoms with Gasteiger partial charge >= 0.3 is 0 Å². The van der Waals surface area contributed by atoms with Crippen LogP contribution in [0.15, 0.2) is 180 Å². The number of para-hydroxylation sites is 3. The summed E-state index contributed by atoms with van der Waals surface area (Å²) in [6.45, 7) is 0. The molecule has 0 N–H and O–H groups in total. The molecular weight excluding hydrogens is 599 g/mol. The number of anilines is 3. The number of hydrogen-bond acceptors (Lipinski definition) is 3. The third-order valence-electron chi connectivity index (χ3n) is 10.0. The summed E-state index contributed by atoms with van der Waals surface area (Å²) in [7, 11) is 0. The molecule has 3 heteroatoms. The van der Waals surface area contributed by atoms with Gasteiger partial charge in [-0.15, -0.1) is 0 Å². The molecule has 0 bridgehead atoms. The Labute approximate surface area is 284 Å². The minimum absolute atomic E-state index is 0.0608. The maximum atomic E-state index is 6.37. The maximum Gasteiger partial charge on any atom is 0.143 e. The van der Waals surface area contributed by atoms with Crippen molar-refractivity contribution < 1.29 is 9.15 Å². The van der Waals surface area contributed by atoms with Crippen LogP contribution in [0, 0.1) is 0 Å². The second-order valence-electron chi connectivity index (χ2n) is 12.9. The van der Waals surface area contributed by atoms with Crippen molar-refractivity contribution in [3.05, 3.63) is 187 Å². The zero-order chi connectivity index (χ0) is 32.3. The fourth-order valence-electron chi connectivity index (χ4n) is 7.57. The van der Waals surface area contributed by atoms with Gasteiger partial charge in [0.05, 0.1) is 0 Å². The number of fused-ring (bicyclic) bond motifs is 7. The van der Waals surface area contributed by atoms with Crippen molar-refractivity contribution in [1.29, 1.82) is 0 Å². The Bertz CT molecular complexity index is 2590. The normalized spacial score (nSPS) is 16.4. The number of allylic oxidation sites excluding steroid dienone is 2. The molecule has 0 amide bonds. The molecule has 1 aliphatic heterocycles. The van der Waals surface area contributed by atoms with Gasteiger partial charge in [0.2, 0.25) is 0 Å². The fraction of sp³-hybridized carbons (Fsp3) is 0.0435. The quantitative estimate of drug-likeness (QED) is 0.189. The van der Waals surface area contributed by atoms with Crippen LogP contribution in [0.4, 0.5) is 17.1 Å². The van der Waals surface area contributed by atoms with E-state index in [1.165, 1.54) is 27.5 Å². The number of hydrogen-bond donors (Lipinski definition) is 0. The first-order valence-corrected chi connectivity index (χ1v) is 16.8. The topological polar surface area (TPSA) is 25.6 Å². The van der Waals surface area contributed by atoms with Crippen LogP contribution < -0.4 is 9.64 Å². The molecule has 7 aromatic carbocycles. The summed E-state index contributed by atoms with van der Waals surface area (Å²) in [6.07, 6.45) is 6.81. The molecular formula is C46H31NO2. The van der Waals surface area contributed by atoms with Crippen molar-refractivity contribution in [2.24, 2.45) is 0 Å². The Morgan fingerprint density at radius 2 is 1.22 bits per heavy atom. The van der Waals surface area contributed by atoms with Crippen molar-refractivity contribution in [1.82, 2.24) is 0 Å². The molecule has 3 nitrogen and oxygen atoms in total. The second kappa shape index (κ2) is 11.1. The number of rotatable bonds is 5. The van der Waals surface area contributed by atoms with Crippen molar-refractivity contribution in [3.8, 4) is 16.9 Å². The number of benzene rings is 7. The van der Waals surface area contributed by atoms with Gasteiger partial charge in [-0.2, -0.15) is 0 Å². The van der Waals surface area contributed by atoms with Gasteiger partial charge in [0, 0.05) is 44.9 Å². The summed E-state index contributed by atoms with van der Waals surface area (Å²) < 4.78 is 12.6. The van der Waals surface area contributed by atoms with Crippen LogP contribution in [0.1, 0.15) is 17.0 Å². The fourth-order valence-corrected chi connectivity index (χ4v) is 7.57. The van der Waals surface area contributed by atoms with Gasteiger partial charge in [-0.05, 0) is 82.1 Å². The highest BCUT2D eigenvalue weighted by Gasteiger charge is 2.33. The van der Waals surface area contributed by atoms with Crippen molar-refractivity contribution in [3.63, 3.8) is 0 Å². The summed E-state index contributed by atoms with van der Waals surface area (Å²) in [5.74, 6) is 1.22. The highest BCUT2D eigenvalue weighted by Crippen LogP contribution is 2.44. The van der Waals surface area contributed by atoms with E-state index in [0.717, 1.165) is 55.9 Å². The lowest BCUT2D eigenvalue weighted by molar-refractivity contribution is 0.269. The largest absolute Gasteiger partial charge is 0.485 e. The third kappa shape index (κ3) is 4.66. The maximum absolute atomic E-state index is 6.37. The monoisotopic (exact) mass is 629 g/mol. The number of nitrogens with zero attached hydrogens (tertiary/aromatic N) is 1. The molecule has 0 spiro atoms. The first-order chi connectivity index (χ1) is 24.3. The molecule has 232 valence electrons. The Morgan fingerprint density at radius 3 is 2.08 bits per heavy atom. The van der Waals surface area contributed by atoms with E-state index < -0.39 is 0 Å². The smallest absolute Gasteiger partial charge is 0.143 e. The van der Waals surface area contributed by atoms with E-state index in [0.29, 0.717) is 0 Å². The molecule has 2 heterocycles. The average molecular weight is 630 g/mol. The standard InChI is InChI=1S/C46H31NO2/c1-2-9-33-28-37(26-18-30(33)8-1)47(35-22-16-31(17-23-35)34-21-27-45-42(29-34)40-11-4-5-14-43(40)48-45)36-24-19-32(20-25-36)38-12-7-13-41-39-10-3-6-15-44(39)49-46(38)41/h1-29,42,45H. The lowest BCUT2D eigenvalue weighted by Crippen LogP contribution is -2.17. The van der Waals surface area contributed by atoms with E-state index in [1.807, 2.05) is 18.2 Å². The Hall–Kier alpha value is -6.32. The first kappa shape index (κ1) is 27.8. The molecule has 1 aliphatic carbocycles. The SMILES string of the molecule is C1=CC2Oc3ccccc3C2C=C1c1ccc(N(c2ccc(-c3cccc4c3oc3ccccc34)cc2)c2ccc3ccccc3c2)cc1. The summed E-state index contributed by atoms with van der Waals surface area (Å²) >= 11 is 0. The zero-order valence-electron chi connectivity index (χ0n) is 26.7. The van der Waals surface area contributed by atoms with Crippen LogP contribution in [0.25, 0.3) is 49.4 Å². The molecule has 49 heavy (non-hydrogen) atoms. The first-order valence-electron chi connectivity index (χ1n) is 16.8. The van der Waals surface area contributed by atoms with Crippen molar-refractivity contribution >= 4 is 55.3 Å². The highest BCUT2D eigenvalue weighted by atomic mass is 16.5. The Balaban J connectivity index is 1.03. The van der Waals surface area contributed by atoms with Crippen LogP contribution in [0.3, 0.4) is 0 Å². The predicted octanol–water partition coefficient (Wildman–Crippen LogP) is 12.4. The lowest BCUT2D eigenvalue weighted by atomic mass is 9.87. The molecule has 2 atom stereocenters. The lowest BCUT2D eigenvalue weighted by Gasteiger charge is -2.26. The van der Waals surface area contributed by atoms with Gasteiger partial charge in [0.25, 0.3) is 0 Å². The van der Waals surface area contributed by atoms with E-state index in [2.05, 4.69) is 163 Å². The van der Waals surface area contributed by atoms with Gasteiger partial charge in [-0.25, -0.2) is 0 Å². The van der Waals surface area contributed by atoms with Crippen LogP contribution in [0.2, 0.25) is 0 Å². The van der Waals surface area contributed by atoms with Crippen LogP contribution in [0.5, 0.6) is 5.75 Å². The van der Waals surface area contributed by atoms with Gasteiger partial charge in [-0.1, -0.05) is 121 Å². The van der Waals surface area contributed by atoms with Crippen LogP contribution in [-0.2, 0) is 0 Å².